The number of benzene rings is 2. The smallest absolute Gasteiger partial charge is 0.242 e. The van der Waals surface area contributed by atoms with E-state index in [-0.39, 0.29) is 17.9 Å². The lowest BCUT2D eigenvalue weighted by Gasteiger charge is -2.30. The maximum absolute atomic E-state index is 12.7. The van der Waals surface area contributed by atoms with Crippen molar-refractivity contribution < 1.29 is 9.53 Å². The van der Waals surface area contributed by atoms with E-state index in [4.69, 9.17) is 9.84 Å². The molecule has 5 heteroatoms. The fourth-order valence-corrected chi connectivity index (χ4v) is 4.30. The van der Waals surface area contributed by atoms with Crippen LogP contribution in [0.1, 0.15) is 42.5 Å². The number of fused-ring (bicyclic) bond motifs is 3. The summed E-state index contributed by atoms with van der Waals surface area (Å²) in [7, 11) is 5.76. The van der Waals surface area contributed by atoms with E-state index in [9.17, 15) is 4.79 Å². The summed E-state index contributed by atoms with van der Waals surface area (Å²) in [5.41, 5.74) is 5.73. The molecule has 1 aliphatic carbocycles. The Labute approximate surface area is 166 Å². The van der Waals surface area contributed by atoms with Crippen LogP contribution in [0.15, 0.2) is 47.6 Å². The molecule has 0 radical (unpaired) electrons. The van der Waals surface area contributed by atoms with Crippen LogP contribution >= 0.6 is 0 Å². The Balaban J connectivity index is 1.74. The molecule has 2 atom stereocenters. The van der Waals surface area contributed by atoms with Gasteiger partial charge >= 0.3 is 0 Å². The first-order valence-electron chi connectivity index (χ1n) is 9.88. The minimum absolute atomic E-state index is 0.0334. The summed E-state index contributed by atoms with van der Waals surface area (Å²) in [6.45, 7) is 1.90. The highest BCUT2D eigenvalue weighted by Gasteiger charge is 2.43. The molecule has 1 amide bonds. The Bertz CT molecular complexity index is 918. The molecule has 0 fully saturated rings. The van der Waals surface area contributed by atoms with Gasteiger partial charge in [-0.3, -0.25) is 4.79 Å². The highest BCUT2D eigenvalue weighted by molar-refractivity contribution is 6.07. The van der Waals surface area contributed by atoms with Crippen LogP contribution in [-0.2, 0) is 11.2 Å². The van der Waals surface area contributed by atoms with Gasteiger partial charge < -0.3 is 9.64 Å². The molecule has 0 saturated heterocycles. The second-order valence-corrected chi connectivity index (χ2v) is 7.68. The number of hydrogen-bond acceptors (Lipinski definition) is 4. The summed E-state index contributed by atoms with van der Waals surface area (Å²) >= 11 is 0. The molecule has 146 valence electrons. The SMILES string of the molecule is CCC(=O)N1N=C2c3ccc(OC)cc3CC[C@H]2[C@H]1c1ccc(N(C)C)cc1. The number of methoxy groups -OCH3 is 1. The van der Waals surface area contributed by atoms with Crippen LogP contribution in [0.2, 0.25) is 0 Å². The molecular weight excluding hydrogens is 350 g/mol. The largest absolute Gasteiger partial charge is 0.497 e. The molecule has 28 heavy (non-hydrogen) atoms. The third-order valence-electron chi connectivity index (χ3n) is 5.83. The fourth-order valence-electron chi connectivity index (χ4n) is 4.30. The van der Waals surface area contributed by atoms with Crippen LogP contribution in [0.5, 0.6) is 5.75 Å². The van der Waals surface area contributed by atoms with Gasteiger partial charge in [0.2, 0.25) is 5.91 Å². The van der Waals surface area contributed by atoms with Crippen molar-refractivity contribution in [2.75, 3.05) is 26.1 Å². The molecular formula is C23H27N3O2. The number of aryl methyl sites for hydroxylation is 1. The molecule has 0 bridgehead atoms. The van der Waals surface area contributed by atoms with Gasteiger partial charge in [-0.25, -0.2) is 5.01 Å². The Morgan fingerprint density at radius 1 is 1.21 bits per heavy atom. The van der Waals surface area contributed by atoms with Gasteiger partial charge in [0.15, 0.2) is 0 Å². The zero-order valence-corrected chi connectivity index (χ0v) is 17.0. The van der Waals surface area contributed by atoms with E-state index in [1.807, 2.05) is 27.1 Å². The zero-order valence-electron chi connectivity index (χ0n) is 17.0. The van der Waals surface area contributed by atoms with Gasteiger partial charge in [0.1, 0.15) is 5.75 Å². The summed E-state index contributed by atoms with van der Waals surface area (Å²) in [6, 6.07) is 14.6. The molecule has 5 nitrogen and oxygen atoms in total. The van der Waals surface area contributed by atoms with Crippen LogP contribution < -0.4 is 9.64 Å². The van der Waals surface area contributed by atoms with E-state index < -0.39 is 0 Å². The van der Waals surface area contributed by atoms with Crippen molar-refractivity contribution in [3.63, 3.8) is 0 Å². The molecule has 2 aliphatic rings. The van der Waals surface area contributed by atoms with E-state index in [0.29, 0.717) is 6.42 Å². The molecule has 0 unspecified atom stereocenters. The van der Waals surface area contributed by atoms with E-state index in [2.05, 4.69) is 41.3 Å². The number of anilines is 1. The summed E-state index contributed by atoms with van der Waals surface area (Å²) in [6.07, 6.45) is 2.40. The third kappa shape index (κ3) is 3.05. The second kappa shape index (κ2) is 7.30. The predicted octanol–water partition coefficient (Wildman–Crippen LogP) is 4.02. The maximum atomic E-state index is 12.7. The first-order valence-corrected chi connectivity index (χ1v) is 9.88. The highest BCUT2D eigenvalue weighted by Crippen LogP contribution is 2.44. The van der Waals surface area contributed by atoms with Crippen LogP contribution in [0.25, 0.3) is 0 Å². The fraction of sp³-hybridized carbons (Fsp3) is 0.391. The normalized spacial score (nSPS) is 20.3. The molecule has 1 heterocycles. The second-order valence-electron chi connectivity index (χ2n) is 7.68. The van der Waals surface area contributed by atoms with E-state index >= 15 is 0 Å². The lowest BCUT2D eigenvalue weighted by atomic mass is 9.77. The monoisotopic (exact) mass is 377 g/mol. The van der Waals surface area contributed by atoms with E-state index in [1.165, 1.54) is 5.56 Å². The first-order chi connectivity index (χ1) is 13.5. The molecule has 4 rings (SSSR count). The van der Waals surface area contributed by atoms with Crippen molar-refractivity contribution in [3.05, 3.63) is 59.2 Å². The number of hydrogen-bond donors (Lipinski definition) is 0. The molecule has 0 saturated carbocycles. The summed E-state index contributed by atoms with van der Waals surface area (Å²) in [5, 5.41) is 6.57. The lowest BCUT2D eigenvalue weighted by Crippen LogP contribution is -2.31. The topological polar surface area (TPSA) is 45.1 Å². The number of nitrogens with zero attached hydrogens (tertiary/aromatic N) is 3. The Hall–Kier alpha value is -2.82. The Morgan fingerprint density at radius 2 is 1.96 bits per heavy atom. The lowest BCUT2D eigenvalue weighted by molar-refractivity contribution is -0.133. The van der Waals surface area contributed by atoms with Gasteiger partial charge in [0.25, 0.3) is 0 Å². The number of carbonyl (C=O) groups is 1. The van der Waals surface area contributed by atoms with Crippen molar-refractivity contribution in [3.8, 4) is 5.75 Å². The van der Waals surface area contributed by atoms with E-state index in [1.54, 1.807) is 12.1 Å². The minimum Gasteiger partial charge on any atom is -0.497 e. The van der Waals surface area contributed by atoms with Gasteiger partial charge in [0, 0.05) is 37.7 Å². The Kier molecular flexibility index (Phi) is 4.84. The standard InChI is InChI=1S/C23H27N3O2/c1-5-21(27)26-23(15-6-9-17(10-7-15)25(2)3)20-12-8-16-14-18(28-4)11-13-19(16)22(20)24-26/h6-7,9-11,13-14,20,23H,5,8,12H2,1-4H3/t20-,23-/m1/s1. The van der Waals surface area contributed by atoms with Crippen molar-refractivity contribution in [2.24, 2.45) is 11.0 Å². The number of hydrazone groups is 1. The first kappa shape index (κ1) is 18.5. The van der Waals surface area contributed by atoms with Crippen molar-refractivity contribution in [1.82, 2.24) is 5.01 Å². The van der Waals surface area contributed by atoms with Crippen LogP contribution in [0.3, 0.4) is 0 Å². The maximum Gasteiger partial charge on any atom is 0.242 e. The minimum atomic E-state index is -0.0334. The van der Waals surface area contributed by atoms with Crippen molar-refractivity contribution >= 4 is 17.3 Å². The molecule has 1 aliphatic heterocycles. The van der Waals surface area contributed by atoms with Crippen LogP contribution in [0, 0.1) is 5.92 Å². The van der Waals surface area contributed by atoms with Gasteiger partial charge in [0.05, 0.1) is 18.9 Å². The van der Waals surface area contributed by atoms with Gasteiger partial charge in [-0.15, -0.1) is 0 Å². The average Bonchev–Trinajstić information content (AvgIpc) is 3.12. The summed E-state index contributed by atoms with van der Waals surface area (Å²) in [4.78, 5) is 14.8. The third-order valence-corrected chi connectivity index (χ3v) is 5.83. The number of rotatable bonds is 4. The van der Waals surface area contributed by atoms with E-state index in [0.717, 1.165) is 41.1 Å². The van der Waals surface area contributed by atoms with Gasteiger partial charge in [-0.05, 0) is 54.3 Å². The average molecular weight is 377 g/mol. The number of ether oxygens (including phenoxy) is 1. The number of carbonyl (C=O) groups excluding carboxylic acids is 1. The quantitative estimate of drug-likeness (QED) is 0.808. The zero-order chi connectivity index (χ0) is 19.8. The molecule has 0 N–H and O–H groups in total. The Morgan fingerprint density at radius 3 is 2.61 bits per heavy atom. The predicted molar refractivity (Wildman–Crippen MR) is 112 cm³/mol. The highest BCUT2D eigenvalue weighted by atomic mass is 16.5. The van der Waals surface area contributed by atoms with Gasteiger partial charge in [-0.1, -0.05) is 19.1 Å². The van der Waals surface area contributed by atoms with Crippen molar-refractivity contribution in [1.29, 1.82) is 0 Å². The molecule has 0 spiro atoms. The van der Waals surface area contributed by atoms with Gasteiger partial charge in [-0.2, -0.15) is 5.10 Å². The van der Waals surface area contributed by atoms with Crippen LogP contribution in [-0.4, -0.2) is 37.8 Å². The van der Waals surface area contributed by atoms with Crippen molar-refractivity contribution in [2.45, 2.75) is 32.2 Å². The summed E-state index contributed by atoms with van der Waals surface area (Å²) in [5.74, 6) is 1.16. The summed E-state index contributed by atoms with van der Waals surface area (Å²) < 4.78 is 5.38. The molecule has 2 aromatic carbocycles. The molecule has 2 aromatic rings. The number of amides is 1. The van der Waals surface area contributed by atoms with Crippen LogP contribution in [0.4, 0.5) is 5.69 Å². The molecule has 0 aromatic heterocycles.